The van der Waals surface area contributed by atoms with Crippen molar-refractivity contribution < 1.29 is 14.6 Å². The summed E-state index contributed by atoms with van der Waals surface area (Å²) in [4.78, 5) is 13.6. The number of hydrogen-bond donors (Lipinski definition) is 1. The predicted molar refractivity (Wildman–Crippen MR) is 70.8 cm³/mol. The van der Waals surface area contributed by atoms with Crippen LogP contribution in [0.1, 0.15) is 18.1 Å². The van der Waals surface area contributed by atoms with E-state index >= 15 is 0 Å². The van der Waals surface area contributed by atoms with Gasteiger partial charge in [0, 0.05) is 13.1 Å². The Hall–Kier alpha value is -1.55. The molecule has 4 heteroatoms. The minimum Gasteiger partial charge on any atom is -0.496 e. The summed E-state index contributed by atoms with van der Waals surface area (Å²) in [5.41, 5.74) is 1.98. The van der Waals surface area contributed by atoms with Crippen LogP contribution in [0.25, 0.3) is 0 Å². The molecule has 0 aliphatic carbocycles. The van der Waals surface area contributed by atoms with E-state index in [1.807, 2.05) is 32.0 Å². The van der Waals surface area contributed by atoms with Gasteiger partial charge >= 0.3 is 0 Å². The van der Waals surface area contributed by atoms with Crippen LogP contribution >= 0.6 is 0 Å². The molecule has 0 aliphatic rings. The van der Waals surface area contributed by atoms with E-state index in [-0.39, 0.29) is 12.5 Å². The summed E-state index contributed by atoms with van der Waals surface area (Å²) in [6.45, 7) is 4.87. The largest absolute Gasteiger partial charge is 0.496 e. The van der Waals surface area contributed by atoms with Crippen molar-refractivity contribution in [3.8, 4) is 5.75 Å². The van der Waals surface area contributed by atoms with Crippen LogP contribution in [0.3, 0.4) is 0 Å². The Morgan fingerprint density at radius 1 is 1.44 bits per heavy atom. The number of aryl methyl sites for hydroxylation is 1. The van der Waals surface area contributed by atoms with Gasteiger partial charge in [-0.2, -0.15) is 0 Å². The van der Waals surface area contributed by atoms with Crippen LogP contribution in [0, 0.1) is 6.92 Å². The van der Waals surface area contributed by atoms with Crippen LogP contribution < -0.4 is 4.74 Å². The van der Waals surface area contributed by atoms with E-state index in [1.165, 1.54) is 0 Å². The summed E-state index contributed by atoms with van der Waals surface area (Å²) in [5.74, 6) is 0.822. The van der Waals surface area contributed by atoms with Crippen LogP contribution in [-0.2, 0) is 11.2 Å². The minimum atomic E-state index is -0.00318. The molecule has 0 saturated heterocycles. The van der Waals surface area contributed by atoms with E-state index in [1.54, 1.807) is 12.0 Å². The first kappa shape index (κ1) is 14.5. The van der Waals surface area contributed by atoms with Crippen molar-refractivity contribution in [1.29, 1.82) is 0 Å². The molecule has 0 fully saturated rings. The van der Waals surface area contributed by atoms with E-state index in [0.29, 0.717) is 19.5 Å². The number of aliphatic hydroxyl groups is 1. The fraction of sp³-hybridized carbons (Fsp3) is 0.500. The topological polar surface area (TPSA) is 49.8 Å². The standard InChI is InChI=1S/C14H21NO3/c1-4-15(7-8-16)14(17)10-12-6-5-11(2)13(9-12)18-3/h5-6,9,16H,4,7-8,10H2,1-3H3. The highest BCUT2D eigenvalue weighted by molar-refractivity contribution is 5.78. The second-order valence-electron chi connectivity index (χ2n) is 4.18. The van der Waals surface area contributed by atoms with Crippen molar-refractivity contribution in [1.82, 2.24) is 4.90 Å². The predicted octanol–water partition coefficient (Wildman–Crippen LogP) is 1.39. The van der Waals surface area contributed by atoms with Crippen LogP contribution in [-0.4, -0.2) is 42.7 Å². The molecule has 0 radical (unpaired) electrons. The van der Waals surface area contributed by atoms with Gasteiger partial charge < -0.3 is 14.7 Å². The van der Waals surface area contributed by atoms with E-state index < -0.39 is 0 Å². The number of hydrogen-bond acceptors (Lipinski definition) is 3. The van der Waals surface area contributed by atoms with Crippen LogP contribution in [0.15, 0.2) is 18.2 Å². The maximum Gasteiger partial charge on any atom is 0.227 e. The molecule has 0 spiro atoms. The molecule has 1 N–H and O–H groups in total. The Kier molecular flexibility index (Phi) is 5.65. The number of methoxy groups -OCH3 is 1. The number of likely N-dealkylation sites (N-methyl/N-ethyl adjacent to an activating group) is 1. The first-order chi connectivity index (χ1) is 8.62. The summed E-state index contributed by atoms with van der Waals surface area (Å²) in [7, 11) is 1.62. The van der Waals surface area contributed by atoms with Gasteiger partial charge in [-0.25, -0.2) is 0 Å². The van der Waals surface area contributed by atoms with Crippen LogP contribution in [0.5, 0.6) is 5.75 Å². The third-order valence-electron chi connectivity index (χ3n) is 2.93. The van der Waals surface area contributed by atoms with Gasteiger partial charge in [-0.3, -0.25) is 4.79 Å². The average molecular weight is 251 g/mol. The zero-order chi connectivity index (χ0) is 13.5. The number of aliphatic hydroxyl groups excluding tert-OH is 1. The fourth-order valence-electron chi connectivity index (χ4n) is 1.84. The van der Waals surface area contributed by atoms with Gasteiger partial charge in [0.25, 0.3) is 0 Å². The lowest BCUT2D eigenvalue weighted by molar-refractivity contribution is -0.130. The van der Waals surface area contributed by atoms with E-state index in [0.717, 1.165) is 16.9 Å². The van der Waals surface area contributed by atoms with E-state index in [4.69, 9.17) is 9.84 Å². The molecule has 0 bridgehead atoms. The van der Waals surface area contributed by atoms with Crippen molar-refractivity contribution in [2.24, 2.45) is 0 Å². The number of carbonyl (C=O) groups excluding carboxylic acids is 1. The van der Waals surface area contributed by atoms with Gasteiger partial charge in [-0.15, -0.1) is 0 Å². The molecular formula is C14H21NO3. The smallest absolute Gasteiger partial charge is 0.227 e. The van der Waals surface area contributed by atoms with Gasteiger partial charge in [-0.05, 0) is 31.0 Å². The van der Waals surface area contributed by atoms with Crippen molar-refractivity contribution in [2.45, 2.75) is 20.3 Å². The third kappa shape index (κ3) is 3.74. The van der Waals surface area contributed by atoms with Crippen molar-refractivity contribution in [3.63, 3.8) is 0 Å². The lowest BCUT2D eigenvalue weighted by atomic mass is 10.1. The number of amides is 1. The second kappa shape index (κ2) is 7.01. The van der Waals surface area contributed by atoms with E-state index in [9.17, 15) is 4.79 Å². The molecule has 1 amide bonds. The molecule has 100 valence electrons. The zero-order valence-corrected chi connectivity index (χ0v) is 11.3. The first-order valence-corrected chi connectivity index (χ1v) is 6.14. The molecule has 0 heterocycles. The Bertz CT molecular complexity index is 404. The molecule has 0 atom stereocenters. The zero-order valence-electron chi connectivity index (χ0n) is 11.3. The Morgan fingerprint density at radius 3 is 2.72 bits per heavy atom. The van der Waals surface area contributed by atoms with Crippen LogP contribution in [0.2, 0.25) is 0 Å². The average Bonchev–Trinajstić information content (AvgIpc) is 2.38. The highest BCUT2D eigenvalue weighted by atomic mass is 16.5. The van der Waals surface area contributed by atoms with Gasteiger partial charge in [0.05, 0.1) is 20.1 Å². The summed E-state index contributed by atoms with van der Waals surface area (Å²) >= 11 is 0. The van der Waals surface area contributed by atoms with Crippen LogP contribution in [0.4, 0.5) is 0 Å². The summed E-state index contributed by atoms with van der Waals surface area (Å²) in [6, 6.07) is 5.77. The normalized spacial score (nSPS) is 10.2. The Labute approximate surface area is 108 Å². The van der Waals surface area contributed by atoms with Crippen molar-refractivity contribution in [3.05, 3.63) is 29.3 Å². The van der Waals surface area contributed by atoms with Gasteiger partial charge in [0.15, 0.2) is 0 Å². The molecule has 18 heavy (non-hydrogen) atoms. The van der Waals surface area contributed by atoms with E-state index in [2.05, 4.69) is 0 Å². The quantitative estimate of drug-likeness (QED) is 0.831. The minimum absolute atomic E-state index is 0.00318. The molecule has 0 unspecified atom stereocenters. The lowest BCUT2D eigenvalue weighted by Gasteiger charge is -2.19. The number of nitrogens with zero attached hydrogens (tertiary/aromatic N) is 1. The van der Waals surface area contributed by atoms with Gasteiger partial charge in [0.2, 0.25) is 5.91 Å². The number of ether oxygens (including phenoxy) is 1. The maximum atomic E-state index is 12.0. The molecule has 0 aliphatic heterocycles. The highest BCUT2D eigenvalue weighted by Gasteiger charge is 2.12. The van der Waals surface area contributed by atoms with Gasteiger partial charge in [-0.1, -0.05) is 12.1 Å². The number of benzene rings is 1. The summed E-state index contributed by atoms with van der Waals surface area (Å²) in [5, 5.41) is 8.89. The number of rotatable bonds is 6. The Morgan fingerprint density at radius 2 is 2.17 bits per heavy atom. The number of carbonyl (C=O) groups is 1. The monoisotopic (exact) mass is 251 g/mol. The highest BCUT2D eigenvalue weighted by Crippen LogP contribution is 2.19. The fourth-order valence-corrected chi connectivity index (χ4v) is 1.84. The van der Waals surface area contributed by atoms with Gasteiger partial charge in [0.1, 0.15) is 5.75 Å². The molecule has 1 aromatic rings. The molecule has 4 nitrogen and oxygen atoms in total. The third-order valence-corrected chi connectivity index (χ3v) is 2.93. The molecule has 1 aromatic carbocycles. The Balaban J connectivity index is 2.74. The lowest BCUT2D eigenvalue weighted by Crippen LogP contribution is -2.34. The van der Waals surface area contributed by atoms with Crippen molar-refractivity contribution >= 4 is 5.91 Å². The molecule has 1 rings (SSSR count). The summed E-state index contributed by atoms with van der Waals surface area (Å²) in [6.07, 6.45) is 0.338. The van der Waals surface area contributed by atoms with Crippen molar-refractivity contribution in [2.75, 3.05) is 26.8 Å². The second-order valence-corrected chi connectivity index (χ2v) is 4.18. The molecule has 0 saturated carbocycles. The summed E-state index contributed by atoms with van der Waals surface area (Å²) < 4.78 is 5.24. The molecule has 0 aromatic heterocycles. The molecular weight excluding hydrogens is 230 g/mol. The first-order valence-electron chi connectivity index (χ1n) is 6.14. The maximum absolute atomic E-state index is 12.0. The SMILES string of the molecule is CCN(CCO)C(=O)Cc1ccc(C)c(OC)c1.